The number of hydrogen-bond acceptors (Lipinski definition) is 4. The van der Waals surface area contributed by atoms with Gasteiger partial charge in [-0.25, -0.2) is 0 Å². The highest BCUT2D eigenvalue weighted by atomic mass is 16.5. The van der Waals surface area contributed by atoms with Gasteiger partial charge in [-0.3, -0.25) is 0 Å². The average molecular weight is 265 g/mol. The van der Waals surface area contributed by atoms with Crippen molar-refractivity contribution in [3.63, 3.8) is 0 Å². The Labute approximate surface area is 115 Å². The first-order valence-corrected chi connectivity index (χ1v) is 6.74. The number of methoxy groups -OCH3 is 2. The molecule has 0 saturated carbocycles. The van der Waals surface area contributed by atoms with Gasteiger partial charge in [0.1, 0.15) is 11.5 Å². The van der Waals surface area contributed by atoms with Gasteiger partial charge in [-0.05, 0) is 38.5 Å². The summed E-state index contributed by atoms with van der Waals surface area (Å²) in [6, 6.07) is 6.29. The van der Waals surface area contributed by atoms with Crippen LogP contribution in [-0.2, 0) is 4.74 Å². The molecule has 3 atom stereocenters. The first kappa shape index (κ1) is 14.2. The number of rotatable bonds is 3. The van der Waals surface area contributed by atoms with Crippen LogP contribution in [-0.4, -0.2) is 32.9 Å². The van der Waals surface area contributed by atoms with Crippen molar-refractivity contribution in [2.45, 2.75) is 38.5 Å². The van der Waals surface area contributed by atoms with Crippen LogP contribution in [0.1, 0.15) is 31.9 Å². The zero-order chi connectivity index (χ0) is 13.8. The van der Waals surface area contributed by atoms with E-state index in [9.17, 15) is 0 Å². The fourth-order valence-corrected chi connectivity index (χ4v) is 2.55. The quantitative estimate of drug-likeness (QED) is 0.911. The van der Waals surface area contributed by atoms with Crippen molar-refractivity contribution in [2.75, 3.05) is 20.8 Å². The summed E-state index contributed by atoms with van der Waals surface area (Å²) < 4.78 is 16.8. The maximum atomic E-state index is 6.11. The maximum absolute atomic E-state index is 6.11. The SMILES string of the molecule is COc1ccc(OC)c(C2CNC(C)CC(C)O2)c1. The Bertz CT molecular complexity index is 422. The Kier molecular flexibility index (Phi) is 4.66. The highest BCUT2D eigenvalue weighted by molar-refractivity contribution is 5.42. The summed E-state index contributed by atoms with van der Waals surface area (Å²) >= 11 is 0. The molecule has 0 spiro atoms. The largest absolute Gasteiger partial charge is 0.497 e. The highest BCUT2D eigenvalue weighted by Gasteiger charge is 2.25. The second-order valence-electron chi connectivity index (χ2n) is 5.09. The summed E-state index contributed by atoms with van der Waals surface area (Å²) in [6.07, 6.45) is 1.24. The van der Waals surface area contributed by atoms with E-state index in [4.69, 9.17) is 14.2 Å². The van der Waals surface area contributed by atoms with Crippen LogP contribution in [0.3, 0.4) is 0 Å². The second-order valence-corrected chi connectivity index (χ2v) is 5.09. The molecule has 1 N–H and O–H groups in total. The fourth-order valence-electron chi connectivity index (χ4n) is 2.55. The van der Waals surface area contributed by atoms with Gasteiger partial charge in [-0.2, -0.15) is 0 Å². The third kappa shape index (κ3) is 3.39. The van der Waals surface area contributed by atoms with E-state index in [1.807, 2.05) is 18.2 Å². The van der Waals surface area contributed by atoms with Gasteiger partial charge in [0.15, 0.2) is 0 Å². The Hall–Kier alpha value is -1.26. The zero-order valence-corrected chi connectivity index (χ0v) is 12.1. The molecule has 3 unspecified atom stereocenters. The monoisotopic (exact) mass is 265 g/mol. The number of nitrogens with one attached hydrogen (secondary N) is 1. The third-order valence-electron chi connectivity index (χ3n) is 3.52. The van der Waals surface area contributed by atoms with Crippen LogP contribution in [0.25, 0.3) is 0 Å². The first-order chi connectivity index (χ1) is 9.13. The standard InChI is InChI=1S/C15H23NO3/c1-10-7-11(2)19-15(9-16-10)13-8-12(17-3)5-6-14(13)18-4/h5-6,8,10-11,15-16H,7,9H2,1-4H3. The molecule has 4 heteroatoms. The molecule has 19 heavy (non-hydrogen) atoms. The van der Waals surface area contributed by atoms with Crippen molar-refractivity contribution in [1.82, 2.24) is 5.32 Å². The summed E-state index contributed by atoms with van der Waals surface area (Å²) in [6.45, 7) is 5.09. The van der Waals surface area contributed by atoms with Gasteiger partial charge in [0.25, 0.3) is 0 Å². The summed E-state index contributed by atoms with van der Waals surface area (Å²) in [7, 11) is 3.35. The molecule has 1 heterocycles. The molecule has 1 fully saturated rings. The maximum Gasteiger partial charge on any atom is 0.124 e. The Morgan fingerprint density at radius 3 is 2.68 bits per heavy atom. The molecule has 0 radical (unpaired) electrons. The van der Waals surface area contributed by atoms with Gasteiger partial charge in [0.2, 0.25) is 0 Å². The predicted octanol–water partition coefficient (Wildman–Crippen LogP) is 2.53. The van der Waals surface area contributed by atoms with E-state index >= 15 is 0 Å². The van der Waals surface area contributed by atoms with Gasteiger partial charge in [0.05, 0.1) is 26.4 Å². The van der Waals surface area contributed by atoms with Gasteiger partial charge in [-0.15, -0.1) is 0 Å². The minimum atomic E-state index is -0.00926. The molecule has 0 aromatic heterocycles. The lowest BCUT2D eigenvalue weighted by molar-refractivity contribution is 0.00595. The van der Waals surface area contributed by atoms with Crippen LogP contribution >= 0.6 is 0 Å². The van der Waals surface area contributed by atoms with Crippen LogP contribution in [0.2, 0.25) is 0 Å². The number of benzene rings is 1. The van der Waals surface area contributed by atoms with Gasteiger partial charge in [0, 0.05) is 18.2 Å². The second kappa shape index (κ2) is 6.26. The van der Waals surface area contributed by atoms with E-state index in [2.05, 4.69) is 19.2 Å². The topological polar surface area (TPSA) is 39.7 Å². The molecule has 1 aromatic rings. The zero-order valence-electron chi connectivity index (χ0n) is 12.1. The molecular formula is C15H23NO3. The molecule has 1 aliphatic heterocycles. The van der Waals surface area contributed by atoms with Crippen LogP contribution in [0.15, 0.2) is 18.2 Å². The molecular weight excluding hydrogens is 242 g/mol. The third-order valence-corrected chi connectivity index (χ3v) is 3.52. The van der Waals surface area contributed by atoms with Crippen molar-refractivity contribution in [2.24, 2.45) is 0 Å². The molecule has 106 valence electrons. The predicted molar refractivity (Wildman–Crippen MR) is 74.9 cm³/mol. The van der Waals surface area contributed by atoms with Gasteiger partial charge < -0.3 is 19.5 Å². The fraction of sp³-hybridized carbons (Fsp3) is 0.600. The van der Waals surface area contributed by atoms with Crippen molar-refractivity contribution in [1.29, 1.82) is 0 Å². The Morgan fingerprint density at radius 2 is 2.00 bits per heavy atom. The molecule has 1 aliphatic rings. The van der Waals surface area contributed by atoms with E-state index in [0.717, 1.165) is 30.0 Å². The molecule has 1 aromatic carbocycles. The van der Waals surface area contributed by atoms with Crippen molar-refractivity contribution in [3.8, 4) is 11.5 Å². The molecule has 4 nitrogen and oxygen atoms in total. The molecule has 0 aliphatic carbocycles. The van der Waals surface area contributed by atoms with E-state index in [-0.39, 0.29) is 12.2 Å². The van der Waals surface area contributed by atoms with Crippen LogP contribution in [0.5, 0.6) is 11.5 Å². The van der Waals surface area contributed by atoms with E-state index in [1.54, 1.807) is 14.2 Å². The lowest BCUT2D eigenvalue weighted by Crippen LogP contribution is -2.28. The summed E-state index contributed by atoms with van der Waals surface area (Å²) in [5, 5.41) is 3.49. The normalized spacial score (nSPS) is 27.7. The number of ether oxygens (including phenoxy) is 3. The van der Waals surface area contributed by atoms with Crippen LogP contribution < -0.4 is 14.8 Å². The Balaban J connectivity index is 2.28. The lowest BCUT2D eigenvalue weighted by Gasteiger charge is -2.21. The number of hydrogen-bond donors (Lipinski definition) is 1. The van der Waals surface area contributed by atoms with E-state index in [1.165, 1.54) is 0 Å². The summed E-state index contributed by atoms with van der Waals surface area (Å²) in [4.78, 5) is 0. The first-order valence-electron chi connectivity index (χ1n) is 6.74. The van der Waals surface area contributed by atoms with Crippen LogP contribution in [0.4, 0.5) is 0 Å². The van der Waals surface area contributed by atoms with Crippen molar-refractivity contribution >= 4 is 0 Å². The smallest absolute Gasteiger partial charge is 0.124 e. The lowest BCUT2D eigenvalue weighted by atomic mass is 10.1. The molecule has 0 bridgehead atoms. The minimum Gasteiger partial charge on any atom is -0.497 e. The molecule has 0 amide bonds. The summed E-state index contributed by atoms with van der Waals surface area (Å²) in [5.74, 6) is 1.67. The minimum absolute atomic E-state index is 0.00926. The summed E-state index contributed by atoms with van der Waals surface area (Å²) in [5.41, 5.74) is 1.04. The average Bonchev–Trinajstić information content (AvgIpc) is 2.58. The van der Waals surface area contributed by atoms with Gasteiger partial charge in [-0.1, -0.05) is 0 Å². The highest BCUT2D eigenvalue weighted by Crippen LogP contribution is 2.33. The van der Waals surface area contributed by atoms with E-state index in [0.29, 0.717) is 6.04 Å². The molecule has 1 saturated heterocycles. The van der Waals surface area contributed by atoms with E-state index < -0.39 is 0 Å². The van der Waals surface area contributed by atoms with Crippen molar-refractivity contribution in [3.05, 3.63) is 23.8 Å². The van der Waals surface area contributed by atoms with Crippen LogP contribution in [0, 0.1) is 0 Å². The van der Waals surface area contributed by atoms with Gasteiger partial charge >= 0.3 is 0 Å². The Morgan fingerprint density at radius 1 is 1.21 bits per heavy atom. The molecule has 2 rings (SSSR count). The van der Waals surface area contributed by atoms with Crippen molar-refractivity contribution < 1.29 is 14.2 Å².